The van der Waals surface area contributed by atoms with Gasteiger partial charge >= 0.3 is 0 Å². The van der Waals surface area contributed by atoms with Crippen molar-refractivity contribution in [3.63, 3.8) is 0 Å². The van der Waals surface area contributed by atoms with Crippen molar-refractivity contribution in [3.8, 4) is 0 Å². The topological polar surface area (TPSA) is 15.3 Å². The molecule has 0 radical (unpaired) electrons. The molecule has 2 unspecified atom stereocenters. The molecule has 0 aromatic rings. The van der Waals surface area contributed by atoms with Crippen LogP contribution in [0.15, 0.2) is 0 Å². The molecule has 0 spiro atoms. The third-order valence-corrected chi connectivity index (χ3v) is 5.34. The van der Waals surface area contributed by atoms with E-state index in [-0.39, 0.29) is 0 Å². The molecular formula is C17H34N2. The summed E-state index contributed by atoms with van der Waals surface area (Å²) in [6, 6.07) is 1.43. The van der Waals surface area contributed by atoms with Gasteiger partial charge in [0.05, 0.1) is 0 Å². The van der Waals surface area contributed by atoms with Crippen LogP contribution in [0, 0.1) is 11.8 Å². The predicted molar refractivity (Wildman–Crippen MR) is 83.5 cm³/mol. The summed E-state index contributed by atoms with van der Waals surface area (Å²) in [6.45, 7) is 11.1. The number of nitrogens with zero attached hydrogens (tertiary/aromatic N) is 1. The molecule has 2 rings (SSSR count). The van der Waals surface area contributed by atoms with E-state index < -0.39 is 0 Å². The zero-order valence-electron chi connectivity index (χ0n) is 13.3. The number of nitrogens with one attached hydrogen (secondary N) is 1. The average molecular weight is 266 g/mol. The van der Waals surface area contributed by atoms with Gasteiger partial charge in [-0.2, -0.15) is 0 Å². The molecular weight excluding hydrogens is 232 g/mol. The van der Waals surface area contributed by atoms with Gasteiger partial charge in [-0.25, -0.2) is 0 Å². The molecule has 1 saturated carbocycles. The minimum absolute atomic E-state index is 0.694. The van der Waals surface area contributed by atoms with Gasteiger partial charge in [-0.1, -0.05) is 26.7 Å². The molecule has 0 amide bonds. The zero-order chi connectivity index (χ0) is 13.7. The van der Waals surface area contributed by atoms with Crippen LogP contribution in [0.4, 0.5) is 0 Å². The van der Waals surface area contributed by atoms with Crippen molar-refractivity contribution < 1.29 is 0 Å². The van der Waals surface area contributed by atoms with Crippen LogP contribution in [0.2, 0.25) is 0 Å². The minimum atomic E-state index is 0.694. The zero-order valence-corrected chi connectivity index (χ0v) is 13.3. The largest absolute Gasteiger partial charge is 0.311 e. The molecule has 2 atom stereocenters. The molecule has 19 heavy (non-hydrogen) atoms. The number of hydrogen-bond donors (Lipinski definition) is 1. The third-order valence-electron chi connectivity index (χ3n) is 5.34. The lowest BCUT2D eigenvalue weighted by atomic mass is 9.82. The number of rotatable bonds is 3. The Hall–Kier alpha value is -0.0800. The maximum Gasteiger partial charge on any atom is 0.00790 e. The molecule has 1 aliphatic heterocycles. The van der Waals surface area contributed by atoms with Gasteiger partial charge in [-0.15, -0.1) is 0 Å². The first-order chi connectivity index (χ1) is 9.17. The standard InChI is InChI=1S/C17H34N2/c1-4-17-10-12-19(11-9-15(3)18-17)13-16-7-5-14(2)6-8-16/h14-18H,4-13H2,1-3H3. The summed E-state index contributed by atoms with van der Waals surface area (Å²) in [5, 5.41) is 3.77. The predicted octanol–water partition coefficient (Wildman–Crippen LogP) is 3.67. The molecule has 1 heterocycles. The normalized spacial score (nSPS) is 38.7. The van der Waals surface area contributed by atoms with E-state index in [1.54, 1.807) is 0 Å². The summed E-state index contributed by atoms with van der Waals surface area (Å²) in [5.41, 5.74) is 0. The first-order valence-corrected chi connectivity index (χ1v) is 8.65. The third kappa shape index (κ3) is 5.07. The van der Waals surface area contributed by atoms with Gasteiger partial charge in [-0.05, 0) is 64.0 Å². The maximum atomic E-state index is 3.77. The Balaban J connectivity index is 1.78. The Bertz CT molecular complexity index is 246. The Morgan fingerprint density at radius 1 is 0.947 bits per heavy atom. The quantitative estimate of drug-likeness (QED) is 0.838. The van der Waals surface area contributed by atoms with E-state index in [4.69, 9.17) is 0 Å². The first kappa shape index (κ1) is 15.3. The molecule has 2 fully saturated rings. The second-order valence-electron chi connectivity index (χ2n) is 7.18. The average Bonchev–Trinajstić information content (AvgIpc) is 2.40. The Kier molecular flexibility index (Phi) is 6.15. The van der Waals surface area contributed by atoms with Crippen molar-refractivity contribution in [3.05, 3.63) is 0 Å². The first-order valence-electron chi connectivity index (χ1n) is 8.65. The van der Waals surface area contributed by atoms with E-state index in [1.807, 2.05) is 0 Å². The molecule has 1 N–H and O–H groups in total. The molecule has 1 aliphatic carbocycles. The highest BCUT2D eigenvalue weighted by Gasteiger charge is 2.23. The van der Waals surface area contributed by atoms with E-state index in [2.05, 4.69) is 31.0 Å². The summed E-state index contributed by atoms with van der Waals surface area (Å²) in [7, 11) is 0. The molecule has 1 saturated heterocycles. The SMILES string of the molecule is CCC1CCN(CC2CCC(C)CC2)CCC(C)N1. The van der Waals surface area contributed by atoms with Crippen molar-refractivity contribution >= 4 is 0 Å². The molecule has 112 valence electrons. The van der Waals surface area contributed by atoms with Gasteiger partial charge in [0.15, 0.2) is 0 Å². The summed E-state index contributed by atoms with van der Waals surface area (Å²) in [6.07, 6.45) is 9.82. The van der Waals surface area contributed by atoms with Crippen molar-refractivity contribution in [1.82, 2.24) is 10.2 Å². The van der Waals surface area contributed by atoms with Gasteiger partial charge in [0.1, 0.15) is 0 Å². The van der Waals surface area contributed by atoms with Crippen LogP contribution in [-0.2, 0) is 0 Å². The Morgan fingerprint density at radius 2 is 1.63 bits per heavy atom. The lowest BCUT2D eigenvalue weighted by molar-refractivity contribution is 0.158. The van der Waals surface area contributed by atoms with Crippen LogP contribution in [0.25, 0.3) is 0 Å². The van der Waals surface area contributed by atoms with E-state index in [1.165, 1.54) is 64.6 Å². The summed E-state index contributed by atoms with van der Waals surface area (Å²) < 4.78 is 0. The van der Waals surface area contributed by atoms with E-state index >= 15 is 0 Å². The summed E-state index contributed by atoms with van der Waals surface area (Å²) in [5.74, 6) is 1.97. The van der Waals surface area contributed by atoms with Crippen LogP contribution in [0.1, 0.15) is 65.7 Å². The number of hydrogen-bond acceptors (Lipinski definition) is 2. The second-order valence-corrected chi connectivity index (χ2v) is 7.18. The fourth-order valence-electron chi connectivity index (χ4n) is 3.78. The Labute approximate surface area is 120 Å². The highest BCUT2D eigenvalue weighted by Crippen LogP contribution is 2.29. The summed E-state index contributed by atoms with van der Waals surface area (Å²) in [4.78, 5) is 2.76. The lowest BCUT2D eigenvalue weighted by Gasteiger charge is -2.35. The van der Waals surface area contributed by atoms with Crippen LogP contribution >= 0.6 is 0 Å². The Morgan fingerprint density at radius 3 is 2.32 bits per heavy atom. The van der Waals surface area contributed by atoms with Crippen molar-refractivity contribution in [2.24, 2.45) is 11.8 Å². The smallest absolute Gasteiger partial charge is 0.00790 e. The summed E-state index contributed by atoms with van der Waals surface area (Å²) >= 11 is 0. The lowest BCUT2D eigenvalue weighted by Crippen LogP contribution is -2.45. The second kappa shape index (κ2) is 7.64. The highest BCUT2D eigenvalue weighted by atomic mass is 15.1. The van der Waals surface area contributed by atoms with Crippen molar-refractivity contribution in [2.45, 2.75) is 77.8 Å². The van der Waals surface area contributed by atoms with Crippen molar-refractivity contribution in [1.29, 1.82) is 0 Å². The molecule has 2 heteroatoms. The van der Waals surface area contributed by atoms with Gasteiger partial charge in [0.25, 0.3) is 0 Å². The van der Waals surface area contributed by atoms with Crippen molar-refractivity contribution in [2.75, 3.05) is 19.6 Å². The van der Waals surface area contributed by atoms with Crippen LogP contribution < -0.4 is 5.32 Å². The molecule has 2 aliphatic rings. The van der Waals surface area contributed by atoms with Crippen LogP contribution in [-0.4, -0.2) is 36.6 Å². The minimum Gasteiger partial charge on any atom is -0.311 e. The van der Waals surface area contributed by atoms with Crippen LogP contribution in [0.5, 0.6) is 0 Å². The van der Waals surface area contributed by atoms with Gasteiger partial charge in [0, 0.05) is 18.6 Å². The molecule has 0 aromatic heterocycles. The maximum absolute atomic E-state index is 3.77. The van der Waals surface area contributed by atoms with E-state index in [9.17, 15) is 0 Å². The van der Waals surface area contributed by atoms with Gasteiger partial charge in [-0.3, -0.25) is 0 Å². The highest BCUT2D eigenvalue weighted by molar-refractivity contribution is 4.79. The fourth-order valence-corrected chi connectivity index (χ4v) is 3.78. The van der Waals surface area contributed by atoms with E-state index in [0.717, 1.165) is 17.9 Å². The van der Waals surface area contributed by atoms with Crippen LogP contribution in [0.3, 0.4) is 0 Å². The monoisotopic (exact) mass is 266 g/mol. The fraction of sp³-hybridized carbons (Fsp3) is 1.00. The van der Waals surface area contributed by atoms with E-state index in [0.29, 0.717) is 6.04 Å². The van der Waals surface area contributed by atoms with Gasteiger partial charge < -0.3 is 10.2 Å². The molecule has 0 bridgehead atoms. The molecule has 2 nitrogen and oxygen atoms in total. The van der Waals surface area contributed by atoms with Gasteiger partial charge in [0.2, 0.25) is 0 Å². The molecule has 0 aromatic carbocycles.